The second-order valence-corrected chi connectivity index (χ2v) is 13.6. The smallest absolute Gasteiger partial charge is 0.272 e. The zero-order valence-corrected chi connectivity index (χ0v) is 26.8. The van der Waals surface area contributed by atoms with Crippen LogP contribution in [-0.4, -0.2) is 37.3 Å². The first-order chi connectivity index (χ1) is 21.9. The number of nitrogens with one attached hydrogen (secondary N) is 2. The predicted octanol–water partition coefficient (Wildman–Crippen LogP) is 5.47. The highest BCUT2D eigenvalue weighted by Gasteiger charge is 2.40. The Morgan fingerprint density at radius 3 is 2.22 bits per heavy atom. The predicted molar refractivity (Wildman–Crippen MR) is 178 cm³/mol. The number of primary sulfonamides is 1. The quantitative estimate of drug-likeness (QED) is 0.155. The summed E-state index contributed by atoms with van der Waals surface area (Å²) < 4.78 is 23.1. The monoisotopic (exact) mass is 694 g/mol. The number of sulfonamides is 1. The molecule has 46 heavy (non-hydrogen) atoms. The van der Waals surface area contributed by atoms with E-state index in [-0.39, 0.29) is 27.7 Å². The minimum atomic E-state index is -3.92. The molecule has 0 aromatic heterocycles. The molecule has 1 heterocycles. The van der Waals surface area contributed by atoms with Gasteiger partial charge in [-0.25, -0.2) is 18.5 Å². The summed E-state index contributed by atoms with van der Waals surface area (Å²) in [5.74, 6) is -1.98. The van der Waals surface area contributed by atoms with Crippen LogP contribution in [0.4, 0.5) is 11.4 Å². The third-order valence-electron chi connectivity index (χ3n) is 6.71. The molecule has 0 radical (unpaired) electrons. The van der Waals surface area contributed by atoms with Crippen molar-refractivity contribution in [2.75, 3.05) is 10.2 Å². The van der Waals surface area contributed by atoms with Gasteiger partial charge in [-0.1, -0.05) is 47.5 Å². The SMILES string of the molecule is NS(=O)(=O)c1ccc(N2C(=O)CC(Sc3ccc(NC(=O)/C(=C/c4ccc(Cl)cc4Cl)NC(=O)c4ccccc4)cc3)C2=O)cc1. The molecule has 4 aromatic carbocycles. The molecule has 1 fully saturated rings. The number of carbonyl (C=O) groups excluding carboxylic acids is 4. The van der Waals surface area contributed by atoms with Crippen LogP contribution in [0.25, 0.3) is 6.08 Å². The Hall–Kier alpha value is -4.46. The van der Waals surface area contributed by atoms with Gasteiger partial charge in [0.25, 0.3) is 11.8 Å². The molecule has 10 nitrogen and oxygen atoms in total. The van der Waals surface area contributed by atoms with Gasteiger partial charge in [-0.2, -0.15) is 0 Å². The first kappa shape index (κ1) is 32.9. The van der Waals surface area contributed by atoms with Crippen molar-refractivity contribution in [1.29, 1.82) is 0 Å². The second kappa shape index (κ2) is 13.9. The van der Waals surface area contributed by atoms with Gasteiger partial charge in [-0.05, 0) is 84.4 Å². The fourth-order valence-corrected chi connectivity index (χ4v) is 6.48. The van der Waals surface area contributed by atoms with Crippen LogP contribution in [0.1, 0.15) is 22.3 Å². The number of thioether (sulfide) groups is 1. The van der Waals surface area contributed by atoms with Crippen molar-refractivity contribution < 1.29 is 27.6 Å². The standard InChI is InChI=1S/C32H24Cl2N4O6S2/c33-21-7-6-20(26(34)17-21)16-27(37-30(40)19-4-2-1-3-5-19)31(41)36-22-8-12-24(13-9-22)45-28-18-29(39)38(32(28)42)23-10-14-25(15-11-23)46(35,43)44/h1-17,28H,18H2,(H,36,41)(H,37,40)(H2,35,43,44)/b27-16-. The number of benzene rings is 4. The lowest BCUT2D eigenvalue weighted by molar-refractivity contribution is -0.121. The van der Waals surface area contributed by atoms with E-state index in [0.29, 0.717) is 26.7 Å². The minimum absolute atomic E-state index is 0.0541. The van der Waals surface area contributed by atoms with Crippen molar-refractivity contribution in [3.05, 3.63) is 124 Å². The van der Waals surface area contributed by atoms with E-state index in [1.165, 1.54) is 48.2 Å². The molecular formula is C32H24Cl2N4O6S2. The highest BCUT2D eigenvalue weighted by atomic mass is 35.5. The molecule has 0 spiro atoms. The van der Waals surface area contributed by atoms with Gasteiger partial charge in [0.2, 0.25) is 21.8 Å². The molecule has 14 heteroatoms. The van der Waals surface area contributed by atoms with E-state index in [1.54, 1.807) is 66.7 Å². The van der Waals surface area contributed by atoms with Crippen LogP contribution in [0.5, 0.6) is 0 Å². The van der Waals surface area contributed by atoms with Gasteiger partial charge in [0.05, 0.1) is 15.8 Å². The van der Waals surface area contributed by atoms with Gasteiger partial charge in [0, 0.05) is 32.6 Å². The summed E-state index contributed by atoms with van der Waals surface area (Å²) in [6.45, 7) is 0. The molecule has 4 N–H and O–H groups in total. The van der Waals surface area contributed by atoms with Crippen molar-refractivity contribution >= 4 is 86.1 Å². The summed E-state index contributed by atoms with van der Waals surface area (Å²) in [7, 11) is -3.92. The topological polar surface area (TPSA) is 156 Å². The Morgan fingerprint density at radius 1 is 0.913 bits per heavy atom. The van der Waals surface area contributed by atoms with Gasteiger partial charge in [-0.3, -0.25) is 19.2 Å². The first-order valence-corrected chi connectivity index (χ1v) is 16.7. The Bertz CT molecular complexity index is 1970. The number of rotatable bonds is 9. The zero-order valence-electron chi connectivity index (χ0n) is 23.6. The Labute approximate surface area is 278 Å². The second-order valence-electron chi connectivity index (χ2n) is 9.94. The maximum absolute atomic E-state index is 13.4. The normalized spacial score (nSPS) is 15.2. The van der Waals surface area contributed by atoms with Gasteiger partial charge >= 0.3 is 0 Å². The highest BCUT2D eigenvalue weighted by molar-refractivity contribution is 8.00. The molecular weight excluding hydrogens is 671 g/mol. The third-order valence-corrected chi connectivity index (χ3v) is 9.40. The highest BCUT2D eigenvalue weighted by Crippen LogP contribution is 2.35. The van der Waals surface area contributed by atoms with Gasteiger partial charge in [0.15, 0.2) is 0 Å². The zero-order chi connectivity index (χ0) is 33.0. The van der Waals surface area contributed by atoms with Crippen LogP contribution < -0.4 is 20.7 Å². The maximum atomic E-state index is 13.4. The van der Waals surface area contributed by atoms with E-state index >= 15 is 0 Å². The summed E-state index contributed by atoms with van der Waals surface area (Å²) in [6.07, 6.45) is 1.39. The lowest BCUT2D eigenvalue weighted by atomic mass is 10.1. The van der Waals surface area contributed by atoms with Crippen molar-refractivity contribution in [2.24, 2.45) is 5.14 Å². The molecule has 1 aliphatic rings. The number of nitrogens with zero attached hydrogens (tertiary/aromatic N) is 1. The van der Waals surface area contributed by atoms with Crippen LogP contribution >= 0.6 is 35.0 Å². The minimum Gasteiger partial charge on any atom is -0.321 e. The fourth-order valence-electron chi connectivity index (χ4n) is 4.45. The van der Waals surface area contributed by atoms with E-state index in [9.17, 15) is 27.6 Å². The van der Waals surface area contributed by atoms with Crippen molar-refractivity contribution in [2.45, 2.75) is 21.5 Å². The maximum Gasteiger partial charge on any atom is 0.272 e. The molecule has 4 aromatic rings. The number of nitrogens with two attached hydrogens (primary N) is 1. The average molecular weight is 696 g/mol. The Kier molecular flexibility index (Phi) is 9.94. The summed E-state index contributed by atoms with van der Waals surface area (Å²) in [5.41, 5.74) is 1.39. The van der Waals surface area contributed by atoms with Crippen molar-refractivity contribution in [1.82, 2.24) is 5.32 Å². The lowest BCUT2D eigenvalue weighted by Gasteiger charge is -2.15. The van der Waals surface area contributed by atoms with Crippen LogP contribution in [0.3, 0.4) is 0 Å². The number of halogens is 2. The van der Waals surface area contributed by atoms with Crippen LogP contribution in [0.15, 0.2) is 113 Å². The molecule has 0 saturated carbocycles. The molecule has 4 amide bonds. The number of imide groups is 1. The average Bonchev–Trinajstić information content (AvgIpc) is 3.30. The number of amides is 4. The Morgan fingerprint density at radius 2 is 1.59 bits per heavy atom. The van der Waals surface area contributed by atoms with E-state index in [1.807, 2.05) is 0 Å². The van der Waals surface area contributed by atoms with Gasteiger partial charge in [-0.15, -0.1) is 11.8 Å². The number of hydrogen-bond donors (Lipinski definition) is 3. The van der Waals surface area contributed by atoms with Gasteiger partial charge < -0.3 is 10.6 Å². The molecule has 234 valence electrons. The van der Waals surface area contributed by atoms with Gasteiger partial charge in [0.1, 0.15) is 5.70 Å². The van der Waals surface area contributed by atoms with E-state index in [0.717, 1.165) is 4.90 Å². The van der Waals surface area contributed by atoms with Crippen LogP contribution in [-0.2, 0) is 24.4 Å². The summed E-state index contributed by atoms with van der Waals surface area (Å²) in [4.78, 5) is 53.6. The van der Waals surface area contributed by atoms with Crippen molar-refractivity contribution in [3.8, 4) is 0 Å². The van der Waals surface area contributed by atoms with Crippen LogP contribution in [0.2, 0.25) is 10.0 Å². The summed E-state index contributed by atoms with van der Waals surface area (Å²) in [6, 6.07) is 24.9. The molecule has 1 atom stereocenters. The Balaban J connectivity index is 1.28. The van der Waals surface area contributed by atoms with Crippen molar-refractivity contribution in [3.63, 3.8) is 0 Å². The molecule has 0 bridgehead atoms. The first-order valence-electron chi connectivity index (χ1n) is 13.5. The van der Waals surface area contributed by atoms with Crippen LogP contribution in [0, 0.1) is 0 Å². The summed E-state index contributed by atoms with van der Waals surface area (Å²) in [5, 5.41) is 10.5. The van der Waals surface area contributed by atoms with E-state index in [2.05, 4.69) is 10.6 Å². The van der Waals surface area contributed by atoms with E-state index < -0.39 is 38.9 Å². The molecule has 1 saturated heterocycles. The molecule has 0 aliphatic carbocycles. The van der Waals surface area contributed by atoms with E-state index in [4.69, 9.17) is 28.3 Å². The molecule has 1 aliphatic heterocycles. The number of anilines is 2. The number of hydrogen-bond acceptors (Lipinski definition) is 7. The molecule has 1 unspecified atom stereocenters. The molecule has 5 rings (SSSR count). The largest absolute Gasteiger partial charge is 0.321 e. The lowest BCUT2D eigenvalue weighted by Crippen LogP contribution is -2.31. The number of carbonyl (C=O) groups is 4. The fraction of sp³-hybridized carbons (Fsp3) is 0.0625. The third kappa shape index (κ3) is 7.84. The summed E-state index contributed by atoms with van der Waals surface area (Å²) >= 11 is 13.5.